The molecular formula is C16H22N2O4. The number of hydrogen-bond acceptors (Lipinski definition) is 4. The molecule has 0 fully saturated rings. The molecule has 6 nitrogen and oxygen atoms in total. The predicted octanol–water partition coefficient (Wildman–Crippen LogP) is 1.35. The Morgan fingerprint density at radius 2 is 2.23 bits per heavy atom. The van der Waals surface area contributed by atoms with Gasteiger partial charge in [-0.15, -0.1) is 0 Å². The van der Waals surface area contributed by atoms with E-state index in [2.05, 4.69) is 10.6 Å². The summed E-state index contributed by atoms with van der Waals surface area (Å²) in [6.45, 7) is 3.15. The van der Waals surface area contributed by atoms with E-state index in [1.807, 2.05) is 18.2 Å². The number of hydrogen-bond donors (Lipinski definition) is 2. The third-order valence-electron chi connectivity index (χ3n) is 3.55. The summed E-state index contributed by atoms with van der Waals surface area (Å²) in [6.07, 6.45) is 1.03. The zero-order chi connectivity index (χ0) is 15.9. The zero-order valence-electron chi connectivity index (χ0n) is 13.0. The molecule has 2 rings (SSSR count). The van der Waals surface area contributed by atoms with Crippen molar-refractivity contribution in [2.24, 2.45) is 5.92 Å². The van der Waals surface area contributed by atoms with Crippen molar-refractivity contribution in [3.63, 3.8) is 0 Å². The molecule has 22 heavy (non-hydrogen) atoms. The second kappa shape index (κ2) is 7.79. The highest BCUT2D eigenvalue weighted by molar-refractivity contribution is 5.90. The van der Waals surface area contributed by atoms with Crippen molar-refractivity contribution in [3.8, 4) is 5.75 Å². The number of carbonyl (C=O) groups excluding carboxylic acids is 2. The van der Waals surface area contributed by atoms with Crippen molar-refractivity contribution in [2.45, 2.75) is 19.8 Å². The zero-order valence-corrected chi connectivity index (χ0v) is 13.0. The molecule has 1 aromatic rings. The van der Waals surface area contributed by atoms with Crippen molar-refractivity contribution < 1.29 is 19.1 Å². The lowest BCUT2D eigenvalue weighted by Gasteiger charge is -2.25. The molecule has 1 aliphatic heterocycles. The minimum absolute atomic E-state index is 0.0364. The molecule has 1 aliphatic rings. The lowest BCUT2D eigenvalue weighted by molar-refractivity contribution is -0.126. The molecular weight excluding hydrogens is 284 g/mol. The Balaban J connectivity index is 2.00. The van der Waals surface area contributed by atoms with Crippen LogP contribution in [0.2, 0.25) is 0 Å². The maximum absolute atomic E-state index is 12.1. The van der Waals surface area contributed by atoms with Gasteiger partial charge in [-0.05, 0) is 30.2 Å². The fraction of sp³-hybridized carbons (Fsp3) is 0.500. The molecule has 0 radical (unpaired) electrons. The number of fused-ring (bicyclic) bond motifs is 1. The van der Waals surface area contributed by atoms with Gasteiger partial charge in [-0.2, -0.15) is 0 Å². The molecule has 1 heterocycles. The van der Waals surface area contributed by atoms with Crippen molar-refractivity contribution in [3.05, 3.63) is 23.8 Å². The van der Waals surface area contributed by atoms with E-state index in [4.69, 9.17) is 9.47 Å². The van der Waals surface area contributed by atoms with Gasteiger partial charge in [-0.25, -0.2) is 0 Å². The largest absolute Gasteiger partial charge is 0.492 e. The summed E-state index contributed by atoms with van der Waals surface area (Å²) in [4.78, 5) is 23.5. The highest BCUT2D eigenvalue weighted by atomic mass is 16.5. The average molecular weight is 306 g/mol. The molecule has 6 heteroatoms. The minimum atomic E-state index is -0.221. The standard InChI is InChI=1S/C16H22N2O4/c1-3-15(19)18-13-4-5-14-11(9-13)8-12(10-22-14)16(20)17-6-7-21-2/h4-5,9,12H,3,6-8,10H2,1-2H3,(H,17,20)(H,18,19). The van der Waals surface area contributed by atoms with E-state index < -0.39 is 0 Å². The Morgan fingerprint density at radius 1 is 1.41 bits per heavy atom. The number of nitrogens with one attached hydrogen (secondary N) is 2. The van der Waals surface area contributed by atoms with E-state index in [-0.39, 0.29) is 17.7 Å². The lowest BCUT2D eigenvalue weighted by atomic mass is 9.95. The Kier molecular flexibility index (Phi) is 5.77. The van der Waals surface area contributed by atoms with Crippen LogP contribution in [0.4, 0.5) is 5.69 Å². The fourth-order valence-corrected chi connectivity index (χ4v) is 2.31. The topological polar surface area (TPSA) is 76.7 Å². The van der Waals surface area contributed by atoms with E-state index in [1.54, 1.807) is 14.0 Å². The number of carbonyl (C=O) groups is 2. The van der Waals surface area contributed by atoms with Crippen molar-refractivity contribution >= 4 is 17.5 Å². The van der Waals surface area contributed by atoms with Crippen LogP contribution in [-0.2, 0) is 20.7 Å². The molecule has 0 saturated carbocycles. The maximum Gasteiger partial charge on any atom is 0.226 e. The lowest BCUT2D eigenvalue weighted by Crippen LogP contribution is -2.38. The SMILES string of the molecule is CCC(=O)Nc1ccc2c(c1)CC(C(=O)NCCOC)CO2. The second-order valence-electron chi connectivity index (χ2n) is 5.22. The van der Waals surface area contributed by atoms with Gasteiger partial charge in [0.05, 0.1) is 12.5 Å². The normalized spacial score (nSPS) is 16.4. The maximum atomic E-state index is 12.1. The number of benzene rings is 1. The average Bonchev–Trinajstić information content (AvgIpc) is 2.54. The van der Waals surface area contributed by atoms with Gasteiger partial charge in [0.15, 0.2) is 0 Å². The Labute approximate surface area is 130 Å². The van der Waals surface area contributed by atoms with Gasteiger partial charge in [-0.3, -0.25) is 9.59 Å². The molecule has 1 aromatic carbocycles. The summed E-state index contributed by atoms with van der Waals surface area (Å²) in [5.41, 5.74) is 1.67. The van der Waals surface area contributed by atoms with E-state index in [0.717, 1.165) is 17.0 Å². The number of rotatable bonds is 6. The summed E-state index contributed by atoms with van der Waals surface area (Å²) in [7, 11) is 1.60. The van der Waals surface area contributed by atoms with Crippen molar-refractivity contribution in [1.82, 2.24) is 5.32 Å². The van der Waals surface area contributed by atoms with Gasteiger partial charge in [0.2, 0.25) is 11.8 Å². The molecule has 1 atom stereocenters. The first-order chi connectivity index (χ1) is 10.6. The molecule has 0 bridgehead atoms. The van der Waals surface area contributed by atoms with E-state index in [9.17, 15) is 9.59 Å². The van der Waals surface area contributed by atoms with Crippen molar-refractivity contribution in [1.29, 1.82) is 0 Å². The molecule has 0 saturated heterocycles. The summed E-state index contributed by atoms with van der Waals surface area (Å²) < 4.78 is 10.6. The third kappa shape index (κ3) is 4.21. The Bertz CT molecular complexity index is 545. The molecule has 0 aromatic heterocycles. The van der Waals surface area contributed by atoms with Crippen LogP contribution in [0, 0.1) is 5.92 Å². The molecule has 0 aliphatic carbocycles. The van der Waals surface area contributed by atoms with Crippen LogP contribution in [0.25, 0.3) is 0 Å². The summed E-state index contributed by atoms with van der Waals surface area (Å²) in [5, 5.41) is 5.64. The number of ether oxygens (including phenoxy) is 2. The highest BCUT2D eigenvalue weighted by Gasteiger charge is 2.26. The Morgan fingerprint density at radius 3 is 2.95 bits per heavy atom. The van der Waals surface area contributed by atoms with Crippen LogP contribution in [0.5, 0.6) is 5.75 Å². The van der Waals surface area contributed by atoms with Crippen LogP contribution in [0.3, 0.4) is 0 Å². The van der Waals surface area contributed by atoms with Crippen LogP contribution in [0.15, 0.2) is 18.2 Å². The third-order valence-corrected chi connectivity index (χ3v) is 3.55. The van der Waals surface area contributed by atoms with Crippen LogP contribution < -0.4 is 15.4 Å². The summed E-state index contributed by atoms with van der Waals surface area (Å²) in [6, 6.07) is 5.52. The molecule has 2 amide bonds. The molecule has 0 spiro atoms. The van der Waals surface area contributed by atoms with Gasteiger partial charge in [0.1, 0.15) is 12.4 Å². The van der Waals surface area contributed by atoms with E-state index >= 15 is 0 Å². The van der Waals surface area contributed by atoms with Gasteiger partial charge in [0, 0.05) is 25.8 Å². The predicted molar refractivity (Wildman–Crippen MR) is 82.9 cm³/mol. The highest BCUT2D eigenvalue weighted by Crippen LogP contribution is 2.30. The van der Waals surface area contributed by atoms with Gasteiger partial charge >= 0.3 is 0 Å². The van der Waals surface area contributed by atoms with Crippen molar-refractivity contribution in [2.75, 3.05) is 32.2 Å². The van der Waals surface area contributed by atoms with E-state index in [1.165, 1.54) is 0 Å². The molecule has 120 valence electrons. The summed E-state index contributed by atoms with van der Waals surface area (Å²) in [5.74, 6) is 0.480. The summed E-state index contributed by atoms with van der Waals surface area (Å²) >= 11 is 0. The van der Waals surface area contributed by atoms with Crippen LogP contribution in [-0.4, -0.2) is 38.7 Å². The smallest absolute Gasteiger partial charge is 0.226 e. The van der Waals surface area contributed by atoms with E-state index in [0.29, 0.717) is 32.6 Å². The molecule has 1 unspecified atom stereocenters. The first-order valence-electron chi connectivity index (χ1n) is 7.46. The minimum Gasteiger partial charge on any atom is -0.492 e. The number of amides is 2. The number of methoxy groups -OCH3 is 1. The monoisotopic (exact) mass is 306 g/mol. The van der Waals surface area contributed by atoms with Crippen LogP contribution in [0.1, 0.15) is 18.9 Å². The quantitative estimate of drug-likeness (QED) is 0.778. The first-order valence-corrected chi connectivity index (χ1v) is 7.46. The second-order valence-corrected chi connectivity index (χ2v) is 5.22. The van der Waals surface area contributed by atoms with Crippen LogP contribution >= 0.6 is 0 Å². The van der Waals surface area contributed by atoms with Gasteiger partial charge < -0.3 is 20.1 Å². The number of anilines is 1. The van der Waals surface area contributed by atoms with Gasteiger partial charge in [0.25, 0.3) is 0 Å². The Hall–Kier alpha value is -2.08. The fourth-order valence-electron chi connectivity index (χ4n) is 2.31. The first kappa shape index (κ1) is 16.3. The van der Waals surface area contributed by atoms with Gasteiger partial charge in [-0.1, -0.05) is 6.92 Å². The molecule has 2 N–H and O–H groups in total.